The van der Waals surface area contributed by atoms with Crippen LogP contribution in [0.2, 0.25) is 0 Å². The van der Waals surface area contributed by atoms with Crippen LogP contribution in [0.5, 0.6) is 0 Å². The van der Waals surface area contributed by atoms with Gasteiger partial charge in [0.05, 0.1) is 4.92 Å². The van der Waals surface area contributed by atoms with Crippen molar-refractivity contribution < 1.29 is 14.8 Å². The minimum atomic E-state index is -1.56. The van der Waals surface area contributed by atoms with Crippen molar-refractivity contribution in [2.45, 2.75) is 19.9 Å². The molecular weight excluding hydrogens is 282 g/mol. The summed E-state index contributed by atoms with van der Waals surface area (Å²) in [6.07, 6.45) is 3.66. The highest BCUT2D eigenvalue weighted by molar-refractivity contribution is 5.89. The fourth-order valence-electron chi connectivity index (χ4n) is 1.74. The molecule has 0 amide bonds. The Balaban J connectivity index is 2.66. The van der Waals surface area contributed by atoms with Crippen molar-refractivity contribution in [1.82, 2.24) is 19.3 Å². The topological polar surface area (TPSA) is 133 Å². The molecular formula is C11H11N5O5. The SMILES string of the molecule is CC(C)n1ccnc(-n2cc([N+](=O)[O-])c(C(=O)O)n2)c1=O. The van der Waals surface area contributed by atoms with E-state index in [1.54, 1.807) is 13.8 Å². The van der Waals surface area contributed by atoms with Crippen molar-refractivity contribution in [3.05, 3.63) is 44.8 Å². The van der Waals surface area contributed by atoms with E-state index in [0.29, 0.717) is 0 Å². The first-order valence-corrected chi connectivity index (χ1v) is 5.87. The number of carbonyl (C=O) groups is 1. The molecule has 1 N–H and O–H groups in total. The Labute approximate surface area is 117 Å². The van der Waals surface area contributed by atoms with Crippen LogP contribution >= 0.6 is 0 Å². The molecule has 0 saturated heterocycles. The van der Waals surface area contributed by atoms with E-state index in [2.05, 4.69) is 10.1 Å². The first-order valence-electron chi connectivity index (χ1n) is 5.87. The van der Waals surface area contributed by atoms with E-state index in [0.717, 1.165) is 10.9 Å². The Hall–Kier alpha value is -3.04. The van der Waals surface area contributed by atoms with Crippen molar-refractivity contribution in [3.63, 3.8) is 0 Å². The molecule has 0 aliphatic carbocycles. The molecule has 0 atom stereocenters. The molecule has 2 aromatic heterocycles. The van der Waals surface area contributed by atoms with Crippen LogP contribution in [0.15, 0.2) is 23.4 Å². The number of hydrogen-bond acceptors (Lipinski definition) is 6. The summed E-state index contributed by atoms with van der Waals surface area (Å²) in [5, 5.41) is 23.3. The summed E-state index contributed by atoms with van der Waals surface area (Å²) in [6.45, 7) is 3.55. The Morgan fingerprint density at radius 1 is 1.48 bits per heavy atom. The van der Waals surface area contributed by atoms with Gasteiger partial charge in [-0.15, -0.1) is 0 Å². The lowest BCUT2D eigenvalue weighted by molar-refractivity contribution is -0.385. The van der Waals surface area contributed by atoms with Crippen molar-refractivity contribution >= 4 is 11.7 Å². The van der Waals surface area contributed by atoms with E-state index in [1.165, 1.54) is 17.0 Å². The van der Waals surface area contributed by atoms with Gasteiger partial charge >= 0.3 is 11.7 Å². The van der Waals surface area contributed by atoms with Crippen LogP contribution in [-0.4, -0.2) is 35.3 Å². The van der Waals surface area contributed by atoms with Crippen LogP contribution in [0.1, 0.15) is 30.4 Å². The fraction of sp³-hybridized carbons (Fsp3) is 0.273. The average molecular weight is 293 g/mol. The number of aromatic nitrogens is 4. The lowest BCUT2D eigenvalue weighted by Gasteiger charge is -2.09. The zero-order chi connectivity index (χ0) is 15.7. The summed E-state index contributed by atoms with van der Waals surface area (Å²) in [5.74, 6) is -1.76. The largest absolute Gasteiger partial charge is 0.476 e. The molecule has 10 nitrogen and oxygen atoms in total. The van der Waals surface area contributed by atoms with Gasteiger partial charge in [-0.2, -0.15) is 5.10 Å². The number of aromatic carboxylic acids is 1. The summed E-state index contributed by atoms with van der Waals surface area (Å²) >= 11 is 0. The molecule has 10 heteroatoms. The molecule has 0 aromatic carbocycles. The van der Waals surface area contributed by atoms with E-state index in [-0.39, 0.29) is 11.9 Å². The standard InChI is InChI=1S/C11H11N5O5/c1-6(2)14-4-3-12-9(10(14)17)15-5-7(16(20)21)8(13-15)11(18)19/h3-6H,1-2H3,(H,18,19). The monoisotopic (exact) mass is 293 g/mol. The average Bonchev–Trinajstić information content (AvgIpc) is 2.83. The summed E-state index contributed by atoms with van der Waals surface area (Å²) in [4.78, 5) is 36.9. The second-order valence-corrected chi connectivity index (χ2v) is 4.43. The van der Waals surface area contributed by atoms with E-state index >= 15 is 0 Å². The van der Waals surface area contributed by atoms with Gasteiger partial charge in [-0.1, -0.05) is 0 Å². The maximum Gasteiger partial charge on any atom is 0.363 e. The van der Waals surface area contributed by atoms with Gasteiger partial charge in [0.15, 0.2) is 0 Å². The van der Waals surface area contributed by atoms with Gasteiger partial charge in [0, 0.05) is 18.4 Å². The summed E-state index contributed by atoms with van der Waals surface area (Å²) in [6, 6.07) is -0.149. The maximum absolute atomic E-state index is 12.2. The van der Waals surface area contributed by atoms with Crippen LogP contribution < -0.4 is 5.56 Å². The smallest absolute Gasteiger partial charge is 0.363 e. The van der Waals surface area contributed by atoms with Crippen LogP contribution in [0.25, 0.3) is 5.82 Å². The molecule has 0 aliphatic heterocycles. The Bertz CT molecular complexity index is 744. The lowest BCUT2D eigenvalue weighted by atomic mass is 10.4. The van der Waals surface area contributed by atoms with E-state index in [1.807, 2.05) is 0 Å². The third-order valence-electron chi connectivity index (χ3n) is 2.72. The van der Waals surface area contributed by atoms with Gasteiger partial charge in [-0.05, 0) is 13.8 Å². The molecule has 21 heavy (non-hydrogen) atoms. The van der Waals surface area contributed by atoms with E-state index < -0.39 is 27.8 Å². The minimum Gasteiger partial charge on any atom is -0.476 e. The summed E-state index contributed by atoms with van der Waals surface area (Å²) in [7, 11) is 0. The normalized spacial score (nSPS) is 10.8. The zero-order valence-corrected chi connectivity index (χ0v) is 11.1. The van der Waals surface area contributed by atoms with Gasteiger partial charge < -0.3 is 9.67 Å². The predicted octanol–water partition coefficient (Wildman–Crippen LogP) is 0.616. The first-order chi connectivity index (χ1) is 9.82. The van der Waals surface area contributed by atoms with Crippen LogP contribution in [0.3, 0.4) is 0 Å². The molecule has 110 valence electrons. The first kappa shape index (κ1) is 14.4. The third kappa shape index (κ3) is 2.50. The summed E-state index contributed by atoms with van der Waals surface area (Å²) in [5.41, 5.74) is -1.98. The highest BCUT2D eigenvalue weighted by Crippen LogP contribution is 2.17. The van der Waals surface area contributed by atoms with Crippen LogP contribution in [0, 0.1) is 10.1 Å². The molecule has 0 spiro atoms. The molecule has 0 bridgehead atoms. The predicted molar refractivity (Wildman–Crippen MR) is 69.6 cm³/mol. The molecule has 2 heterocycles. The van der Waals surface area contributed by atoms with E-state index in [4.69, 9.17) is 5.11 Å². The second-order valence-electron chi connectivity index (χ2n) is 4.43. The third-order valence-corrected chi connectivity index (χ3v) is 2.72. The lowest BCUT2D eigenvalue weighted by Crippen LogP contribution is -2.26. The highest BCUT2D eigenvalue weighted by atomic mass is 16.6. The Morgan fingerprint density at radius 2 is 2.14 bits per heavy atom. The van der Waals surface area contributed by atoms with Gasteiger partial charge in [-0.3, -0.25) is 14.9 Å². The summed E-state index contributed by atoms with van der Waals surface area (Å²) < 4.78 is 2.17. The van der Waals surface area contributed by atoms with Crippen molar-refractivity contribution in [2.75, 3.05) is 0 Å². The van der Waals surface area contributed by atoms with Crippen molar-refractivity contribution in [3.8, 4) is 5.82 Å². The van der Waals surface area contributed by atoms with Gasteiger partial charge in [0.2, 0.25) is 11.5 Å². The highest BCUT2D eigenvalue weighted by Gasteiger charge is 2.26. The molecule has 0 radical (unpaired) electrons. The molecule has 0 saturated carbocycles. The number of carboxylic acid groups (broad SMARTS) is 1. The zero-order valence-electron chi connectivity index (χ0n) is 11.1. The Morgan fingerprint density at radius 3 is 2.62 bits per heavy atom. The van der Waals surface area contributed by atoms with Gasteiger partial charge in [0.25, 0.3) is 5.56 Å². The number of carboxylic acids is 1. The van der Waals surface area contributed by atoms with Gasteiger partial charge in [-0.25, -0.2) is 14.5 Å². The quantitative estimate of drug-likeness (QED) is 0.645. The number of nitrogens with zero attached hydrogens (tertiary/aromatic N) is 5. The molecule has 0 aliphatic rings. The van der Waals surface area contributed by atoms with Crippen LogP contribution in [0.4, 0.5) is 5.69 Å². The maximum atomic E-state index is 12.2. The fourth-order valence-corrected chi connectivity index (χ4v) is 1.74. The molecule has 0 unspecified atom stereocenters. The molecule has 2 aromatic rings. The number of hydrogen-bond donors (Lipinski definition) is 1. The van der Waals surface area contributed by atoms with Crippen molar-refractivity contribution in [2.24, 2.45) is 0 Å². The van der Waals surface area contributed by atoms with Crippen molar-refractivity contribution in [1.29, 1.82) is 0 Å². The number of nitro groups is 1. The molecule has 0 fully saturated rings. The van der Waals surface area contributed by atoms with Gasteiger partial charge in [0.1, 0.15) is 6.20 Å². The Kier molecular flexibility index (Phi) is 3.52. The van der Waals surface area contributed by atoms with Crippen LogP contribution in [-0.2, 0) is 0 Å². The van der Waals surface area contributed by atoms with E-state index in [9.17, 15) is 19.7 Å². The number of rotatable bonds is 4. The minimum absolute atomic E-state index is 0.149. The molecule has 2 rings (SSSR count). The second kappa shape index (κ2) is 5.15.